The average molecular weight is 615 g/mol. The fraction of sp³-hybridized carbons (Fsp3) is 0.429. The molecular formula is C28H32F2N8O4S. The third-order valence-electron chi connectivity index (χ3n) is 7.59. The van der Waals surface area contributed by atoms with Crippen molar-refractivity contribution in [2.75, 3.05) is 34.8 Å². The van der Waals surface area contributed by atoms with Crippen LogP contribution in [0.4, 0.5) is 31.7 Å². The van der Waals surface area contributed by atoms with Gasteiger partial charge in [-0.1, -0.05) is 0 Å². The summed E-state index contributed by atoms with van der Waals surface area (Å²) in [5, 5.41) is 10.4. The van der Waals surface area contributed by atoms with Crippen LogP contribution >= 0.6 is 0 Å². The van der Waals surface area contributed by atoms with Gasteiger partial charge in [0.2, 0.25) is 15.9 Å². The Labute approximate surface area is 247 Å². The molecule has 1 saturated heterocycles. The highest BCUT2D eigenvalue weighted by Gasteiger charge is 2.32. The number of aromatic nitrogens is 5. The SMILES string of the molecule is Cc1ccn(-c2ccc(Nc3cc(NC(=O)C4CC4)nc4c3nc(C(F)F)n4C3CCCCO3)c(N(C)S(C)(=O)=O)c2)n1. The number of alkyl halides is 2. The highest BCUT2D eigenvalue weighted by molar-refractivity contribution is 7.92. The summed E-state index contributed by atoms with van der Waals surface area (Å²) in [6, 6.07) is 8.42. The van der Waals surface area contributed by atoms with Gasteiger partial charge in [-0.25, -0.2) is 31.8 Å². The lowest BCUT2D eigenvalue weighted by Crippen LogP contribution is -2.25. The maximum atomic E-state index is 14.4. The van der Waals surface area contributed by atoms with Gasteiger partial charge in [0.15, 0.2) is 11.5 Å². The number of amides is 1. The zero-order valence-corrected chi connectivity index (χ0v) is 24.7. The summed E-state index contributed by atoms with van der Waals surface area (Å²) in [5.74, 6) is -0.666. The van der Waals surface area contributed by atoms with Crippen LogP contribution in [0.2, 0.25) is 0 Å². The van der Waals surface area contributed by atoms with E-state index in [0.29, 0.717) is 24.4 Å². The molecule has 1 aromatic carbocycles. The van der Waals surface area contributed by atoms with E-state index in [2.05, 4.69) is 25.7 Å². The van der Waals surface area contributed by atoms with Gasteiger partial charge < -0.3 is 15.4 Å². The number of benzene rings is 1. The summed E-state index contributed by atoms with van der Waals surface area (Å²) in [5.41, 5.74) is 2.56. The van der Waals surface area contributed by atoms with Crippen molar-refractivity contribution in [1.82, 2.24) is 24.3 Å². The number of halogens is 2. The molecule has 1 amide bonds. The molecule has 1 aliphatic heterocycles. The highest BCUT2D eigenvalue weighted by Crippen LogP contribution is 2.39. The number of hydrogen-bond acceptors (Lipinski definition) is 8. The van der Waals surface area contributed by atoms with Gasteiger partial charge in [-0.05, 0) is 63.3 Å². The van der Waals surface area contributed by atoms with Gasteiger partial charge in [-0.15, -0.1) is 0 Å². The Kier molecular flexibility index (Phi) is 7.54. The molecule has 43 heavy (non-hydrogen) atoms. The van der Waals surface area contributed by atoms with Crippen molar-refractivity contribution in [3.05, 3.63) is 48.0 Å². The van der Waals surface area contributed by atoms with Gasteiger partial charge in [-0.3, -0.25) is 13.7 Å². The Morgan fingerprint density at radius 2 is 1.91 bits per heavy atom. The normalized spacial score (nSPS) is 17.4. The quantitative estimate of drug-likeness (QED) is 0.267. The molecule has 4 aromatic rings. The van der Waals surface area contributed by atoms with E-state index >= 15 is 0 Å². The van der Waals surface area contributed by atoms with Crippen LogP contribution in [-0.2, 0) is 19.6 Å². The molecular weight excluding hydrogens is 582 g/mol. The van der Waals surface area contributed by atoms with Crippen molar-refractivity contribution >= 4 is 50.0 Å². The van der Waals surface area contributed by atoms with Crippen LogP contribution in [0.15, 0.2) is 36.5 Å². The lowest BCUT2D eigenvalue weighted by molar-refractivity contribution is -0.117. The maximum absolute atomic E-state index is 14.4. The first-order valence-electron chi connectivity index (χ1n) is 14.0. The molecule has 228 valence electrons. The van der Waals surface area contributed by atoms with Gasteiger partial charge in [0.25, 0.3) is 6.43 Å². The Hall–Kier alpha value is -4.11. The van der Waals surface area contributed by atoms with Crippen LogP contribution in [-0.4, -0.2) is 58.6 Å². The van der Waals surface area contributed by atoms with Gasteiger partial charge in [0, 0.05) is 31.8 Å². The maximum Gasteiger partial charge on any atom is 0.295 e. The molecule has 2 aliphatic rings. The number of rotatable bonds is 9. The van der Waals surface area contributed by atoms with Crippen molar-refractivity contribution in [1.29, 1.82) is 0 Å². The first-order chi connectivity index (χ1) is 20.5. The van der Waals surface area contributed by atoms with E-state index in [4.69, 9.17) is 4.74 Å². The molecule has 1 unspecified atom stereocenters. The second-order valence-corrected chi connectivity index (χ2v) is 12.9. The molecule has 1 aliphatic carbocycles. The molecule has 6 rings (SSSR count). The topological polar surface area (TPSA) is 136 Å². The fourth-order valence-corrected chi connectivity index (χ4v) is 5.60. The number of hydrogen-bond donors (Lipinski definition) is 2. The molecule has 0 bridgehead atoms. The predicted octanol–water partition coefficient (Wildman–Crippen LogP) is 5.05. The highest BCUT2D eigenvalue weighted by atomic mass is 32.2. The minimum Gasteiger partial charge on any atom is -0.358 e. The number of imidazole rings is 1. The average Bonchev–Trinajstić information content (AvgIpc) is 3.62. The number of carbonyl (C=O) groups is 1. The van der Waals surface area contributed by atoms with E-state index in [1.165, 1.54) is 17.7 Å². The molecule has 0 spiro atoms. The van der Waals surface area contributed by atoms with Crippen molar-refractivity contribution in [2.24, 2.45) is 5.92 Å². The third-order valence-corrected chi connectivity index (χ3v) is 8.78. The van der Waals surface area contributed by atoms with Crippen LogP contribution in [0.25, 0.3) is 16.9 Å². The fourth-order valence-electron chi connectivity index (χ4n) is 5.09. The van der Waals surface area contributed by atoms with Crippen molar-refractivity contribution in [2.45, 2.75) is 51.7 Å². The number of ether oxygens (including phenoxy) is 1. The van der Waals surface area contributed by atoms with Crippen LogP contribution in [0.1, 0.15) is 56.3 Å². The largest absolute Gasteiger partial charge is 0.358 e. The summed E-state index contributed by atoms with van der Waals surface area (Å²) in [6.45, 7) is 2.26. The molecule has 1 saturated carbocycles. The van der Waals surface area contributed by atoms with Crippen molar-refractivity contribution < 1.29 is 26.7 Å². The number of carbonyl (C=O) groups excluding carboxylic acids is 1. The minimum absolute atomic E-state index is 0.120. The lowest BCUT2D eigenvalue weighted by atomic mass is 10.2. The van der Waals surface area contributed by atoms with Crippen molar-refractivity contribution in [3.63, 3.8) is 0 Å². The first-order valence-corrected chi connectivity index (χ1v) is 15.9. The van der Waals surface area contributed by atoms with Gasteiger partial charge >= 0.3 is 0 Å². The zero-order valence-electron chi connectivity index (χ0n) is 23.9. The Bertz CT molecular complexity index is 1800. The van der Waals surface area contributed by atoms with Crippen LogP contribution in [0, 0.1) is 12.8 Å². The summed E-state index contributed by atoms with van der Waals surface area (Å²) >= 11 is 0. The van der Waals surface area contributed by atoms with Crippen LogP contribution in [0.3, 0.4) is 0 Å². The number of fused-ring (bicyclic) bond motifs is 1. The lowest BCUT2D eigenvalue weighted by Gasteiger charge is -2.25. The Balaban J connectivity index is 1.50. The molecule has 2 fully saturated rings. The minimum atomic E-state index is -3.70. The van der Waals surface area contributed by atoms with Gasteiger partial charge in [0.1, 0.15) is 17.6 Å². The van der Waals surface area contributed by atoms with Crippen LogP contribution in [0.5, 0.6) is 0 Å². The summed E-state index contributed by atoms with van der Waals surface area (Å²) in [6.07, 6.45) is 2.89. The Morgan fingerprint density at radius 3 is 2.53 bits per heavy atom. The second kappa shape index (κ2) is 11.2. The molecule has 1 atom stereocenters. The molecule has 2 N–H and O–H groups in total. The van der Waals surface area contributed by atoms with E-state index in [1.54, 1.807) is 29.1 Å². The molecule has 15 heteroatoms. The number of nitrogens with zero attached hydrogens (tertiary/aromatic N) is 6. The van der Waals surface area contributed by atoms with Gasteiger partial charge in [0.05, 0.1) is 34.7 Å². The van der Waals surface area contributed by atoms with E-state index in [-0.39, 0.29) is 40.2 Å². The van der Waals surface area contributed by atoms with Crippen molar-refractivity contribution in [3.8, 4) is 5.69 Å². The number of anilines is 4. The number of pyridine rings is 1. The third kappa shape index (κ3) is 5.91. The zero-order chi connectivity index (χ0) is 30.5. The number of nitrogens with one attached hydrogen (secondary N) is 2. The second-order valence-electron chi connectivity index (χ2n) is 10.9. The van der Waals surface area contributed by atoms with E-state index in [0.717, 1.165) is 41.9 Å². The van der Waals surface area contributed by atoms with E-state index < -0.39 is 28.5 Å². The summed E-state index contributed by atoms with van der Waals surface area (Å²) in [4.78, 5) is 21.5. The summed E-state index contributed by atoms with van der Waals surface area (Å²) in [7, 11) is -2.28. The standard InChI is InChI=1S/C28H32F2N8O4S/c1-16-11-12-37(35-16)18-9-10-19(21(14-18)36(2)43(3,40)41)31-20-15-22(33-28(39)17-7-8-17)32-26-24(20)34-27(25(29)30)38(26)23-6-4-5-13-42-23/h9-12,14-15,17,23,25H,4-8,13H2,1-3H3,(H2,31,32,33,39). The number of sulfonamides is 1. The molecule has 4 heterocycles. The van der Waals surface area contributed by atoms with E-state index in [1.807, 2.05) is 13.0 Å². The first kappa shape index (κ1) is 29.0. The smallest absolute Gasteiger partial charge is 0.295 e. The summed E-state index contributed by atoms with van der Waals surface area (Å²) < 4.78 is 63.9. The molecule has 12 nitrogen and oxygen atoms in total. The Morgan fingerprint density at radius 1 is 1.12 bits per heavy atom. The van der Waals surface area contributed by atoms with Gasteiger partial charge in [-0.2, -0.15) is 5.10 Å². The van der Waals surface area contributed by atoms with Crippen LogP contribution < -0.4 is 14.9 Å². The number of aryl methyl sites for hydroxylation is 1. The monoisotopic (exact) mass is 614 g/mol. The van der Waals surface area contributed by atoms with E-state index in [9.17, 15) is 22.0 Å². The predicted molar refractivity (Wildman–Crippen MR) is 158 cm³/mol. The molecule has 0 radical (unpaired) electrons. The molecule has 3 aromatic heterocycles.